The fourth-order valence-electron chi connectivity index (χ4n) is 2.19. The molecule has 0 aliphatic carbocycles. The van der Waals surface area contributed by atoms with Crippen molar-refractivity contribution < 1.29 is 4.42 Å². The van der Waals surface area contributed by atoms with Crippen molar-refractivity contribution in [2.24, 2.45) is 7.05 Å². The highest BCUT2D eigenvalue weighted by molar-refractivity contribution is 5.09. The first kappa shape index (κ1) is 13.5. The maximum Gasteiger partial charge on any atom is 0.146 e. The van der Waals surface area contributed by atoms with Gasteiger partial charge in [-0.3, -0.25) is 9.88 Å². The van der Waals surface area contributed by atoms with Crippen molar-refractivity contribution in [3.05, 3.63) is 66.4 Å². The molecule has 3 heterocycles. The van der Waals surface area contributed by atoms with Crippen LogP contribution in [0.5, 0.6) is 0 Å². The van der Waals surface area contributed by atoms with Gasteiger partial charge in [-0.05, 0) is 23.8 Å². The molecule has 0 amide bonds. The maximum absolute atomic E-state index is 5.45. The summed E-state index contributed by atoms with van der Waals surface area (Å²) in [6.07, 6.45) is 7.07. The molecular formula is C15H17N5O. The van der Waals surface area contributed by atoms with Gasteiger partial charge < -0.3 is 8.98 Å². The third kappa shape index (κ3) is 3.55. The van der Waals surface area contributed by atoms with Crippen LogP contribution >= 0.6 is 0 Å². The molecule has 6 nitrogen and oxygen atoms in total. The van der Waals surface area contributed by atoms with Crippen molar-refractivity contribution in [2.45, 2.75) is 19.6 Å². The van der Waals surface area contributed by atoms with Crippen molar-refractivity contribution in [3.63, 3.8) is 0 Å². The number of hydrogen-bond donors (Lipinski definition) is 0. The molecule has 0 N–H and O–H groups in total. The Morgan fingerprint density at radius 2 is 2.14 bits per heavy atom. The summed E-state index contributed by atoms with van der Waals surface area (Å²) in [4.78, 5) is 6.42. The molecule has 0 saturated carbocycles. The zero-order valence-electron chi connectivity index (χ0n) is 11.9. The fourth-order valence-corrected chi connectivity index (χ4v) is 2.19. The van der Waals surface area contributed by atoms with Gasteiger partial charge in [0.15, 0.2) is 0 Å². The predicted molar refractivity (Wildman–Crippen MR) is 76.9 cm³/mol. The Labute approximate surface area is 123 Å². The lowest BCUT2D eigenvalue weighted by Crippen LogP contribution is -2.24. The van der Waals surface area contributed by atoms with Crippen LogP contribution in [0, 0.1) is 0 Å². The molecule has 21 heavy (non-hydrogen) atoms. The molecule has 0 radical (unpaired) electrons. The highest BCUT2D eigenvalue weighted by Crippen LogP contribution is 2.12. The van der Waals surface area contributed by atoms with Gasteiger partial charge in [0.1, 0.15) is 17.9 Å². The molecule has 0 aromatic carbocycles. The first-order chi connectivity index (χ1) is 10.3. The molecule has 3 aromatic rings. The number of aryl methyl sites for hydroxylation is 1. The lowest BCUT2D eigenvalue weighted by molar-refractivity contribution is 0.219. The average molecular weight is 283 g/mol. The molecular weight excluding hydrogens is 266 g/mol. The van der Waals surface area contributed by atoms with E-state index in [0.29, 0.717) is 6.54 Å². The van der Waals surface area contributed by atoms with Gasteiger partial charge in [0.05, 0.1) is 19.4 Å². The Morgan fingerprint density at radius 3 is 2.81 bits per heavy atom. The minimum Gasteiger partial charge on any atom is -0.468 e. The Balaban J connectivity index is 1.75. The minimum atomic E-state index is 0.700. The Bertz CT molecular complexity index is 662. The first-order valence-corrected chi connectivity index (χ1v) is 6.78. The molecule has 0 spiro atoms. The molecule has 6 heteroatoms. The van der Waals surface area contributed by atoms with E-state index in [4.69, 9.17) is 4.42 Å². The van der Waals surface area contributed by atoms with Crippen LogP contribution in [0.3, 0.4) is 0 Å². The van der Waals surface area contributed by atoms with Gasteiger partial charge in [-0.1, -0.05) is 6.07 Å². The van der Waals surface area contributed by atoms with E-state index in [9.17, 15) is 0 Å². The summed E-state index contributed by atoms with van der Waals surface area (Å²) < 4.78 is 7.38. The zero-order chi connectivity index (χ0) is 14.5. The SMILES string of the molecule is Cn1cnnc1CN(Cc1cccnc1)Cc1ccco1. The van der Waals surface area contributed by atoms with Gasteiger partial charge in [-0.25, -0.2) is 0 Å². The summed E-state index contributed by atoms with van der Waals surface area (Å²) in [6, 6.07) is 7.90. The lowest BCUT2D eigenvalue weighted by atomic mass is 10.2. The quantitative estimate of drug-likeness (QED) is 0.692. The van der Waals surface area contributed by atoms with Gasteiger partial charge in [-0.15, -0.1) is 10.2 Å². The van der Waals surface area contributed by atoms with E-state index in [1.807, 2.05) is 36.0 Å². The summed E-state index contributed by atoms with van der Waals surface area (Å²) >= 11 is 0. The third-order valence-electron chi connectivity index (χ3n) is 3.26. The normalized spacial score (nSPS) is 11.1. The van der Waals surface area contributed by atoms with Gasteiger partial charge >= 0.3 is 0 Å². The highest BCUT2D eigenvalue weighted by Gasteiger charge is 2.12. The first-order valence-electron chi connectivity index (χ1n) is 6.78. The van der Waals surface area contributed by atoms with Gasteiger partial charge in [0, 0.05) is 26.0 Å². The van der Waals surface area contributed by atoms with E-state index in [1.54, 1.807) is 18.8 Å². The van der Waals surface area contributed by atoms with Crippen molar-refractivity contribution >= 4 is 0 Å². The molecule has 108 valence electrons. The van der Waals surface area contributed by atoms with Crippen molar-refractivity contribution in [3.8, 4) is 0 Å². The van der Waals surface area contributed by atoms with Crippen molar-refractivity contribution in [1.29, 1.82) is 0 Å². The number of aromatic nitrogens is 4. The second-order valence-electron chi connectivity index (χ2n) is 4.94. The van der Waals surface area contributed by atoms with Gasteiger partial charge in [0.2, 0.25) is 0 Å². The molecule has 0 atom stereocenters. The second-order valence-corrected chi connectivity index (χ2v) is 4.94. The maximum atomic E-state index is 5.45. The number of furan rings is 1. The largest absolute Gasteiger partial charge is 0.468 e. The van der Waals surface area contributed by atoms with Crippen molar-refractivity contribution in [2.75, 3.05) is 0 Å². The minimum absolute atomic E-state index is 0.700. The smallest absolute Gasteiger partial charge is 0.146 e. The van der Waals surface area contributed by atoms with Crippen LogP contribution in [0.1, 0.15) is 17.1 Å². The number of pyridine rings is 1. The molecule has 3 aromatic heterocycles. The van der Waals surface area contributed by atoms with E-state index in [0.717, 1.165) is 30.2 Å². The highest BCUT2D eigenvalue weighted by atomic mass is 16.3. The Morgan fingerprint density at radius 1 is 1.19 bits per heavy atom. The van der Waals surface area contributed by atoms with Crippen LogP contribution in [-0.2, 0) is 26.7 Å². The van der Waals surface area contributed by atoms with Crippen LogP contribution in [0.15, 0.2) is 53.7 Å². The molecule has 0 saturated heterocycles. The Kier molecular flexibility index (Phi) is 4.07. The summed E-state index contributed by atoms with van der Waals surface area (Å²) in [5.74, 6) is 1.85. The lowest BCUT2D eigenvalue weighted by Gasteiger charge is -2.20. The topological polar surface area (TPSA) is 60.0 Å². The molecule has 0 aliphatic heterocycles. The summed E-state index contributed by atoms with van der Waals surface area (Å²) in [5.41, 5.74) is 1.16. The number of rotatable bonds is 6. The van der Waals surface area contributed by atoms with Crippen LogP contribution in [0.2, 0.25) is 0 Å². The standard InChI is InChI=1S/C15H17N5O/c1-19-12-17-18-15(19)11-20(10-14-5-3-7-21-14)9-13-4-2-6-16-8-13/h2-8,12H,9-11H2,1H3. The van der Waals surface area contributed by atoms with E-state index < -0.39 is 0 Å². The fraction of sp³-hybridized carbons (Fsp3) is 0.267. The van der Waals surface area contributed by atoms with Crippen LogP contribution in [0.25, 0.3) is 0 Å². The van der Waals surface area contributed by atoms with Gasteiger partial charge in [-0.2, -0.15) is 0 Å². The molecule has 0 fully saturated rings. The molecule has 0 bridgehead atoms. The van der Waals surface area contributed by atoms with Crippen molar-refractivity contribution in [1.82, 2.24) is 24.6 Å². The van der Waals surface area contributed by atoms with E-state index >= 15 is 0 Å². The number of nitrogens with zero attached hydrogens (tertiary/aromatic N) is 5. The van der Waals surface area contributed by atoms with Crippen LogP contribution in [-0.4, -0.2) is 24.6 Å². The molecule has 0 unspecified atom stereocenters. The number of hydrogen-bond acceptors (Lipinski definition) is 5. The van der Waals surface area contributed by atoms with Crippen LogP contribution in [0.4, 0.5) is 0 Å². The second kappa shape index (κ2) is 6.32. The summed E-state index contributed by atoms with van der Waals surface area (Å²) in [6.45, 7) is 2.20. The molecule has 0 aliphatic rings. The van der Waals surface area contributed by atoms with E-state index in [1.165, 1.54) is 0 Å². The van der Waals surface area contributed by atoms with Gasteiger partial charge in [0.25, 0.3) is 0 Å². The zero-order valence-corrected chi connectivity index (χ0v) is 11.9. The van der Waals surface area contributed by atoms with E-state index in [2.05, 4.69) is 26.1 Å². The predicted octanol–water partition coefficient (Wildman–Crippen LogP) is 2.01. The summed E-state index contributed by atoms with van der Waals surface area (Å²) in [5, 5.41) is 8.08. The monoisotopic (exact) mass is 283 g/mol. The Hall–Kier alpha value is -2.47. The average Bonchev–Trinajstić information content (AvgIpc) is 3.13. The third-order valence-corrected chi connectivity index (χ3v) is 3.26. The summed E-state index contributed by atoms with van der Waals surface area (Å²) in [7, 11) is 1.95. The van der Waals surface area contributed by atoms with E-state index in [-0.39, 0.29) is 0 Å². The molecule has 3 rings (SSSR count). The van der Waals surface area contributed by atoms with Crippen LogP contribution < -0.4 is 0 Å².